The van der Waals surface area contributed by atoms with Gasteiger partial charge in [0.25, 0.3) is 5.91 Å². The Bertz CT molecular complexity index is 613. The number of amides is 4. The van der Waals surface area contributed by atoms with E-state index in [1.54, 1.807) is 18.2 Å². The summed E-state index contributed by atoms with van der Waals surface area (Å²) in [7, 11) is 2.93. The van der Waals surface area contributed by atoms with E-state index >= 15 is 0 Å². The fraction of sp³-hybridized carbons (Fsp3) is 0.400. The van der Waals surface area contributed by atoms with Crippen molar-refractivity contribution in [2.24, 2.45) is 0 Å². The van der Waals surface area contributed by atoms with Crippen molar-refractivity contribution >= 4 is 23.5 Å². The molecule has 23 heavy (non-hydrogen) atoms. The number of hydrogen-bond acceptors (Lipinski definition) is 5. The first-order valence-electron chi connectivity index (χ1n) is 7.28. The molecule has 124 valence electrons. The van der Waals surface area contributed by atoms with E-state index in [0.29, 0.717) is 17.0 Å². The maximum atomic E-state index is 12.3. The number of imide groups is 1. The van der Waals surface area contributed by atoms with Crippen LogP contribution < -0.4 is 26.0 Å². The number of carbonyl (C=O) groups is 3. The molecule has 1 aromatic rings. The number of carbonyl (C=O) groups excluding carboxylic acids is 3. The van der Waals surface area contributed by atoms with E-state index in [0.717, 1.165) is 12.8 Å². The van der Waals surface area contributed by atoms with Gasteiger partial charge in [-0.1, -0.05) is 0 Å². The molecule has 1 aliphatic carbocycles. The Morgan fingerprint density at radius 3 is 2.61 bits per heavy atom. The van der Waals surface area contributed by atoms with Gasteiger partial charge in [-0.15, -0.1) is 0 Å². The molecule has 0 heterocycles. The van der Waals surface area contributed by atoms with E-state index in [9.17, 15) is 14.4 Å². The quantitative estimate of drug-likeness (QED) is 0.609. The van der Waals surface area contributed by atoms with Crippen LogP contribution in [0.25, 0.3) is 0 Å². The highest BCUT2D eigenvalue weighted by Gasteiger charge is 2.25. The lowest BCUT2D eigenvalue weighted by atomic mass is 10.1. The number of ether oxygens (including phenoxy) is 1. The normalized spacial score (nSPS) is 13.0. The lowest BCUT2D eigenvalue weighted by Gasteiger charge is -2.13. The van der Waals surface area contributed by atoms with Gasteiger partial charge in [-0.25, -0.2) is 4.79 Å². The fourth-order valence-corrected chi connectivity index (χ4v) is 1.89. The van der Waals surface area contributed by atoms with Crippen molar-refractivity contribution in [3.8, 4) is 5.75 Å². The molecule has 0 aromatic heterocycles. The third-order valence-electron chi connectivity index (χ3n) is 3.30. The van der Waals surface area contributed by atoms with Gasteiger partial charge in [0.2, 0.25) is 5.91 Å². The molecule has 0 radical (unpaired) electrons. The molecule has 0 atom stereocenters. The van der Waals surface area contributed by atoms with Gasteiger partial charge < -0.3 is 20.7 Å². The zero-order valence-corrected chi connectivity index (χ0v) is 13.1. The Kier molecular flexibility index (Phi) is 5.40. The van der Waals surface area contributed by atoms with E-state index in [4.69, 9.17) is 4.74 Å². The highest BCUT2D eigenvalue weighted by atomic mass is 16.5. The van der Waals surface area contributed by atoms with Gasteiger partial charge in [0.1, 0.15) is 5.75 Å². The predicted octanol–water partition coefficient (Wildman–Crippen LogP) is 0.455. The second-order valence-electron chi connectivity index (χ2n) is 5.14. The molecular weight excluding hydrogens is 300 g/mol. The van der Waals surface area contributed by atoms with E-state index in [1.807, 2.05) is 0 Å². The maximum Gasteiger partial charge on any atom is 0.321 e. The number of hydrogen-bond donors (Lipinski definition) is 4. The van der Waals surface area contributed by atoms with Crippen molar-refractivity contribution in [1.82, 2.24) is 16.0 Å². The first-order valence-corrected chi connectivity index (χ1v) is 7.28. The number of rotatable bonds is 6. The minimum atomic E-state index is -0.585. The molecule has 0 saturated heterocycles. The lowest BCUT2D eigenvalue weighted by molar-refractivity contribution is -0.118. The summed E-state index contributed by atoms with van der Waals surface area (Å²) in [4.78, 5) is 35.0. The molecule has 0 aliphatic heterocycles. The molecule has 4 amide bonds. The van der Waals surface area contributed by atoms with Gasteiger partial charge >= 0.3 is 6.03 Å². The fourth-order valence-electron chi connectivity index (χ4n) is 1.89. The minimum absolute atomic E-state index is 0.135. The predicted molar refractivity (Wildman–Crippen MR) is 84.6 cm³/mol. The van der Waals surface area contributed by atoms with Crippen LogP contribution in [0.3, 0.4) is 0 Å². The van der Waals surface area contributed by atoms with Crippen molar-refractivity contribution in [2.45, 2.75) is 18.9 Å². The van der Waals surface area contributed by atoms with E-state index in [1.165, 1.54) is 14.2 Å². The summed E-state index contributed by atoms with van der Waals surface area (Å²) in [5.74, 6) is -0.180. The molecule has 8 heteroatoms. The largest absolute Gasteiger partial charge is 0.497 e. The molecular formula is C15H20N4O4. The molecule has 0 unspecified atom stereocenters. The summed E-state index contributed by atoms with van der Waals surface area (Å²) in [5.41, 5.74) is 0.889. The van der Waals surface area contributed by atoms with E-state index in [2.05, 4.69) is 21.3 Å². The molecule has 1 aromatic carbocycles. The SMILES string of the molecule is CNC(=O)NC(=O)CNc1ccc(OC)cc1C(=O)NC1CC1. The number of nitrogens with one attached hydrogen (secondary N) is 4. The van der Waals surface area contributed by atoms with Crippen LogP contribution in [0, 0.1) is 0 Å². The zero-order valence-electron chi connectivity index (χ0n) is 13.1. The Labute approximate surface area is 134 Å². The van der Waals surface area contributed by atoms with Gasteiger partial charge in [0.05, 0.1) is 19.2 Å². The highest BCUT2D eigenvalue weighted by molar-refractivity contribution is 6.01. The summed E-state index contributed by atoms with van der Waals surface area (Å²) in [6.45, 7) is -0.135. The number of urea groups is 1. The zero-order chi connectivity index (χ0) is 16.8. The average Bonchev–Trinajstić information content (AvgIpc) is 3.36. The van der Waals surface area contributed by atoms with Crippen molar-refractivity contribution in [1.29, 1.82) is 0 Å². The van der Waals surface area contributed by atoms with Crippen molar-refractivity contribution < 1.29 is 19.1 Å². The third-order valence-corrected chi connectivity index (χ3v) is 3.30. The van der Waals surface area contributed by atoms with Crippen LogP contribution in [0.2, 0.25) is 0 Å². The third kappa shape index (κ3) is 4.87. The number of methoxy groups -OCH3 is 1. The Balaban J connectivity index is 2.05. The maximum absolute atomic E-state index is 12.3. The van der Waals surface area contributed by atoms with Crippen LogP contribution >= 0.6 is 0 Å². The Hall–Kier alpha value is -2.77. The van der Waals surface area contributed by atoms with Gasteiger partial charge in [-0.3, -0.25) is 14.9 Å². The van der Waals surface area contributed by atoms with Crippen LogP contribution in [0.5, 0.6) is 5.75 Å². The highest BCUT2D eigenvalue weighted by Crippen LogP contribution is 2.24. The van der Waals surface area contributed by atoms with Crippen LogP contribution in [0.1, 0.15) is 23.2 Å². The molecule has 2 rings (SSSR count). The average molecular weight is 320 g/mol. The summed E-state index contributed by atoms with van der Waals surface area (Å²) in [6.07, 6.45) is 1.96. The summed E-state index contributed by atoms with van der Waals surface area (Å²) in [6, 6.07) is 4.59. The summed E-state index contributed by atoms with van der Waals surface area (Å²) < 4.78 is 5.13. The molecule has 0 bridgehead atoms. The first kappa shape index (κ1) is 16.6. The van der Waals surface area contributed by atoms with Crippen LogP contribution in [-0.4, -0.2) is 44.6 Å². The molecule has 8 nitrogen and oxygen atoms in total. The Morgan fingerprint density at radius 1 is 1.26 bits per heavy atom. The van der Waals surface area contributed by atoms with Gasteiger partial charge in [-0.2, -0.15) is 0 Å². The van der Waals surface area contributed by atoms with Crippen molar-refractivity contribution in [3.05, 3.63) is 23.8 Å². The van der Waals surface area contributed by atoms with Crippen molar-refractivity contribution in [3.63, 3.8) is 0 Å². The first-order chi connectivity index (χ1) is 11.0. The smallest absolute Gasteiger partial charge is 0.321 e. The molecule has 1 fully saturated rings. The number of anilines is 1. The molecule has 1 saturated carbocycles. The standard InChI is InChI=1S/C15H20N4O4/c1-16-15(22)19-13(20)8-17-12-6-5-10(23-2)7-11(12)14(21)18-9-3-4-9/h5-7,9,17H,3-4,8H2,1-2H3,(H,18,21)(H2,16,19,20,22). The van der Waals surface area contributed by atoms with Gasteiger partial charge in [0, 0.05) is 18.8 Å². The van der Waals surface area contributed by atoms with Gasteiger partial charge in [-0.05, 0) is 31.0 Å². The van der Waals surface area contributed by atoms with E-state index in [-0.39, 0.29) is 18.5 Å². The van der Waals surface area contributed by atoms with Crippen LogP contribution in [0.15, 0.2) is 18.2 Å². The minimum Gasteiger partial charge on any atom is -0.497 e. The van der Waals surface area contributed by atoms with Crippen molar-refractivity contribution in [2.75, 3.05) is 26.0 Å². The van der Waals surface area contributed by atoms with Crippen LogP contribution in [-0.2, 0) is 4.79 Å². The number of benzene rings is 1. The van der Waals surface area contributed by atoms with E-state index < -0.39 is 11.9 Å². The monoisotopic (exact) mass is 320 g/mol. The second kappa shape index (κ2) is 7.48. The molecule has 0 spiro atoms. The summed E-state index contributed by atoms with van der Waals surface area (Å²) in [5, 5.41) is 10.2. The topological polar surface area (TPSA) is 109 Å². The molecule has 1 aliphatic rings. The lowest BCUT2D eigenvalue weighted by Crippen LogP contribution is -2.40. The van der Waals surface area contributed by atoms with Crippen LogP contribution in [0.4, 0.5) is 10.5 Å². The Morgan fingerprint density at radius 2 is 2.00 bits per heavy atom. The summed E-state index contributed by atoms with van der Waals surface area (Å²) >= 11 is 0. The second-order valence-corrected chi connectivity index (χ2v) is 5.14. The van der Waals surface area contributed by atoms with Gasteiger partial charge in [0.15, 0.2) is 0 Å². The molecule has 4 N–H and O–H groups in total.